The number of carbonyl (C=O) groups excluding carboxylic acids is 1. The van der Waals surface area contributed by atoms with Gasteiger partial charge in [0.25, 0.3) is 0 Å². The Labute approximate surface area is 184 Å². The summed E-state index contributed by atoms with van der Waals surface area (Å²) in [5, 5.41) is 0. The minimum atomic E-state index is -0.729. The summed E-state index contributed by atoms with van der Waals surface area (Å²) >= 11 is 0. The van der Waals surface area contributed by atoms with Crippen molar-refractivity contribution < 1.29 is 13.6 Å². The number of amides is 1. The fourth-order valence-corrected chi connectivity index (χ4v) is 4.16. The van der Waals surface area contributed by atoms with Gasteiger partial charge in [0.15, 0.2) is 0 Å². The summed E-state index contributed by atoms with van der Waals surface area (Å²) in [6.45, 7) is 2.53. The zero-order chi connectivity index (χ0) is 22.2. The van der Waals surface area contributed by atoms with Crippen LogP contribution in [0.1, 0.15) is 22.5 Å². The summed E-state index contributed by atoms with van der Waals surface area (Å²) in [6, 6.07) is 11.6. The Balaban J connectivity index is 1.26. The summed E-state index contributed by atoms with van der Waals surface area (Å²) in [5.41, 5.74) is 11.4. The molecule has 164 valence electrons. The smallest absolute Gasteiger partial charge is 0.229 e. The average molecular weight is 435 g/mol. The molecule has 1 aromatic carbocycles. The van der Waals surface area contributed by atoms with Crippen molar-refractivity contribution in [3.63, 3.8) is 0 Å². The Morgan fingerprint density at radius 1 is 1.12 bits per heavy atom. The van der Waals surface area contributed by atoms with Crippen LogP contribution < -0.4 is 5.73 Å². The molecular formula is C24H23F2N5O. The molecule has 2 aliphatic heterocycles. The third-order valence-electron chi connectivity index (χ3n) is 5.96. The molecule has 2 aliphatic rings. The van der Waals surface area contributed by atoms with E-state index in [1.165, 1.54) is 12.1 Å². The van der Waals surface area contributed by atoms with Gasteiger partial charge in [-0.1, -0.05) is 0 Å². The molecule has 5 rings (SSSR count). The summed E-state index contributed by atoms with van der Waals surface area (Å²) in [5.74, 6) is -0.399. The van der Waals surface area contributed by atoms with Gasteiger partial charge in [0.2, 0.25) is 5.91 Å². The molecule has 0 saturated carbocycles. The van der Waals surface area contributed by atoms with Crippen LogP contribution in [0.15, 0.2) is 48.7 Å². The third-order valence-corrected chi connectivity index (χ3v) is 5.96. The van der Waals surface area contributed by atoms with E-state index in [1.54, 1.807) is 29.2 Å². The van der Waals surface area contributed by atoms with Gasteiger partial charge in [-0.25, -0.2) is 8.78 Å². The highest BCUT2D eigenvalue weighted by molar-refractivity contribution is 5.80. The van der Waals surface area contributed by atoms with Crippen LogP contribution in [0.3, 0.4) is 0 Å². The summed E-state index contributed by atoms with van der Waals surface area (Å²) in [7, 11) is 0. The van der Waals surface area contributed by atoms with Crippen molar-refractivity contribution in [1.82, 2.24) is 19.8 Å². The molecule has 4 heterocycles. The first-order chi connectivity index (χ1) is 15.4. The molecule has 0 spiro atoms. The molecule has 6 nitrogen and oxygen atoms in total. The molecular weight excluding hydrogens is 412 g/mol. The quantitative estimate of drug-likeness (QED) is 0.667. The number of likely N-dealkylation sites (tertiary alicyclic amines) is 1. The number of alkyl halides is 1. The first-order valence-corrected chi connectivity index (χ1v) is 10.6. The minimum Gasteiger partial charge on any atom is -0.397 e. The molecule has 0 aliphatic carbocycles. The average Bonchev–Trinajstić information content (AvgIpc) is 3.18. The Morgan fingerprint density at radius 2 is 1.91 bits per heavy atom. The van der Waals surface area contributed by atoms with Gasteiger partial charge in [-0.15, -0.1) is 0 Å². The van der Waals surface area contributed by atoms with Gasteiger partial charge < -0.3 is 10.6 Å². The second-order valence-corrected chi connectivity index (χ2v) is 8.41. The van der Waals surface area contributed by atoms with Crippen LogP contribution in [0, 0.1) is 5.82 Å². The number of nitrogen functional groups attached to an aromatic ring is 1. The third kappa shape index (κ3) is 4.18. The van der Waals surface area contributed by atoms with Crippen LogP contribution >= 0.6 is 0 Å². The lowest BCUT2D eigenvalue weighted by molar-refractivity contribution is -0.131. The maximum atomic E-state index is 13.2. The van der Waals surface area contributed by atoms with E-state index in [-0.39, 0.29) is 18.1 Å². The van der Waals surface area contributed by atoms with E-state index in [2.05, 4.69) is 16.0 Å². The first kappa shape index (κ1) is 20.5. The molecule has 0 atom stereocenters. The van der Waals surface area contributed by atoms with E-state index in [9.17, 15) is 13.6 Å². The number of benzene rings is 1. The Hall–Kier alpha value is -3.39. The second kappa shape index (κ2) is 8.27. The molecule has 1 fully saturated rings. The fraction of sp³-hybridized carbons (Fsp3) is 0.292. The second-order valence-electron chi connectivity index (χ2n) is 8.41. The predicted molar refractivity (Wildman–Crippen MR) is 116 cm³/mol. The van der Waals surface area contributed by atoms with Gasteiger partial charge >= 0.3 is 0 Å². The molecule has 2 N–H and O–H groups in total. The van der Waals surface area contributed by atoms with Gasteiger partial charge in [0.05, 0.1) is 35.7 Å². The van der Waals surface area contributed by atoms with Crippen molar-refractivity contribution in [3.05, 3.63) is 77.0 Å². The van der Waals surface area contributed by atoms with Crippen LogP contribution in [0.5, 0.6) is 0 Å². The van der Waals surface area contributed by atoms with E-state index in [0.717, 1.165) is 22.4 Å². The number of fused-ring (bicyclic) bond motifs is 1. The molecule has 32 heavy (non-hydrogen) atoms. The zero-order valence-electron chi connectivity index (χ0n) is 17.5. The highest BCUT2D eigenvalue weighted by atomic mass is 19.1. The standard InChI is InChI=1S/C24H23F2N5O/c25-18-3-1-16(2-4-18)21-6-5-20(27)22(29-21)8-24(32)31-11-17-7-15(9-28-23(17)14-31)10-30-12-19(26)13-30/h1-7,9,19H,8,10-14,27H2. The Morgan fingerprint density at radius 3 is 2.66 bits per heavy atom. The van der Waals surface area contributed by atoms with Crippen molar-refractivity contribution in [2.45, 2.75) is 32.2 Å². The van der Waals surface area contributed by atoms with Crippen LogP contribution in [0.4, 0.5) is 14.5 Å². The number of pyridine rings is 2. The largest absolute Gasteiger partial charge is 0.397 e. The van der Waals surface area contributed by atoms with E-state index >= 15 is 0 Å². The number of aromatic nitrogens is 2. The number of nitrogens with two attached hydrogens (primary N) is 1. The molecule has 0 unspecified atom stereocenters. The highest BCUT2D eigenvalue weighted by Gasteiger charge is 2.28. The number of halogens is 2. The number of carbonyl (C=O) groups is 1. The van der Waals surface area contributed by atoms with Crippen molar-refractivity contribution in [3.8, 4) is 11.3 Å². The Bertz CT molecular complexity index is 1160. The van der Waals surface area contributed by atoms with Gasteiger partial charge in [-0.3, -0.25) is 19.7 Å². The molecule has 0 radical (unpaired) electrons. The van der Waals surface area contributed by atoms with Gasteiger partial charge in [-0.05, 0) is 53.6 Å². The van der Waals surface area contributed by atoms with Crippen molar-refractivity contribution in [2.75, 3.05) is 18.8 Å². The monoisotopic (exact) mass is 435 g/mol. The lowest BCUT2D eigenvalue weighted by Gasteiger charge is -2.34. The normalized spacial score (nSPS) is 16.1. The number of hydrogen-bond donors (Lipinski definition) is 1. The molecule has 1 saturated heterocycles. The topological polar surface area (TPSA) is 75.3 Å². The predicted octanol–water partition coefficient (Wildman–Crippen LogP) is 3.10. The Kier molecular flexibility index (Phi) is 5.30. The SMILES string of the molecule is Nc1ccc(-c2ccc(F)cc2)nc1CC(=O)N1Cc2cc(CN3CC(F)C3)cnc2C1. The molecule has 8 heteroatoms. The van der Waals surface area contributed by atoms with Crippen LogP contribution in [-0.2, 0) is 30.8 Å². The van der Waals surface area contributed by atoms with Crippen LogP contribution in [-0.4, -0.2) is 44.9 Å². The van der Waals surface area contributed by atoms with Crippen molar-refractivity contribution in [2.24, 2.45) is 0 Å². The van der Waals surface area contributed by atoms with Crippen LogP contribution in [0.25, 0.3) is 11.3 Å². The van der Waals surface area contributed by atoms with Crippen LogP contribution in [0.2, 0.25) is 0 Å². The minimum absolute atomic E-state index is 0.0768. The molecule has 1 amide bonds. The van der Waals surface area contributed by atoms with Crippen molar-refractivity contribution >= 4 is 11.6 Å². The van der Waals surface area contributed by atoms with E-state index in [0.29, 0.717) is 49.8 Å². The maximum Gasteiger partial charge on any atom is 0.229 e. The fourth-order valence-electron chi connectivity index (χ4n) is 4.16. The lowest BCUT2D eigenvalue weighted by Crippen LogP contribution is -2.47. The number of hydrogen-bond acceptors (Lipinski definition) is 5. The van der Waals surface area contributed by atoms with Gasteiger partial charge in [0, 0.05) is 37.9 Å². The molecule has 2 aromatic heterocycles. The number of anilines is 1. The zero-order valence-corrected chi connectivity index (χ0v) is 17.5. The van der Waals surface area contributed by atoms with E-state index in [4.69, 9.17) is 5.73 Å². The van der Waals surface area contributed by atoms with E-state index < -0.39 is 6.17 Å². The lowest BCUT2D eigenvalue weighted by atomic mass is 10.1. The summed E-state index contributed by atoms with van der Waals surface area (Å²) in [6.07, 6.45) is 1.16. The summed E-state index contributed by atoms with van der Waals surface area (Å²) < 4.78 is 26.3. The molecule has 0 bridgehead atoms. The van der Waals surface area contributed by atoms with Crippen molar-refractivity contribution in [1.29, 1.82) is 0 Å². The van der Waals surface area contributed by atoms with Gasteiger partial charge in [0.1, 0.15) is 12.0 Å². The first-order valence-electron chi connectivity index (χ1n) is 10.6. The maximum absolute atomic E-state index is 13.2. The summed E-state index contributed by atoms with van der Waals surface area (Å²) in [4.78, 5) is 25.8. The number of rotatable bonds is 5. The van der Waals surface area contributed by atoms with E-state index in [1.807, 2.05) is 11.1 Å². The number of nitrogens with zero attached hydrogens (tertiary/aromatic N) is 4. The van der Waals surface area contributed by atoms with Gasteiger partial charge in [-0.2, -0.15) is 0 Å². The highest BCUT2D eigenvalue weighted by Crippen LogP contribution is 2.26. The molecule has 3 aromatic rings.